The largest absolute Gasteiger partial charge is 0.374 e. The second-order valence-corrected chi connectivity index (χ2v) is 5.59. The maximum Gasteiger partial charge on any atom is 0.0835 e. The van der Waals surface area contributed by atoms with Gasteiger partial charge in [0.05, 0.1) is 5.60 Å². The molecule has 1 fully saturated rings. The van der Waals surface area contributed by atoms with E-state index in [0.717, 1.165) is 31.8 Å². The van der Waals surface area contributed by atoms with Crippen LogP contribution in [0, 0.1) is 11.8 Å². The van der Waals surface area contributed by atoms with Crippen LogP contribution < -0.4 is 5.73 Å². The van der Waals surface area contributed by atoms with E-state index in [0.29, 0.717) is 5.92 Å². The van der Waals surface area contributed by atoms with Gasteiger partial charge in [0.2, 0.25) is 0 Å². The Morgan fingerprint density at radius 3 is 2.31 bits per heavy atom. The first-order chi connectivity index (χ1) is 7.55. The second kappa shape index (κ2) is 6.02. The highest BCUT2D eigenvalue weighted by Gasteiger charge is 2.41. The molecule has 0 aromatic carbocycles. The van der Waals surface area contributed by atoms with Crippen molar-refractivity contribution in [2.45, 2.75) is 71.4 Å². The van der Waals surface area contributed by atoms with Gasteiger partial charge in [0, 0.05) is 12.6 Å². The van der Waals surface area contributed by atoms with E-state index in [-0.39, 0.29) is 11.6 Å². The minimum atomic E-state index is -0.0311. The maximum atomic E-state index is 6.44. The van der Waals surface area contributed by atoms with Crippen LogP contribution >= 0.6 is 0 Å². The normalized spacial score (nSPS) is 34.7. The molecular formula is C14H29NO. The first-order valence-corrected chi connectivity index (χ1v) is 6.95. The summed E-state index contributed by atoms with van der Waals surface area (Å²) >= 11 is 0. The summed E-state index contributed by atoms with van der Waals surface area (Å²) in [5, 5.41) is 0. The molecule has 0 saturated heterocycles. The predicted octanol–water partition coefficient (Wildman–Crippen LogP) is 3.35. The number of hydrogen-bond acceptors (Lipinski definition) is 2. The molecule has 0 aromatic heterocycles. The lowest BCUT2D eigenvalue weighted by molar-refractivity contribution is -0.0984. The zero-order chi connectivity index (χ0) is 12.2. The maximum absolute atomic E-state index is 6.44. The molecule has 0 amide bonds. The Bertz CT molecular complexity index is 197. The van der Waals surface area contributed by atoms with Crippen molar-refractivity contribution in [3.8, 4) is 0 Å². The predicted molar refractivity (Wildman–Crippen MR) is 69.4 cm³/mol. The van der Waals surface area contributed by atoms with Crippen molar-refractivity contribution >= 4 is 0 Å². The van der Waals surface area contributed by atoms with Crippen LogP contribution in [0.2, 0.25) is 0 Å². The summed E-state index contributed by atoms with van der Waals surface area (Å²) in [5.41, 5.74) is 6.41. The standard InChI is InChI=1S/C14H29NO/c1-5-12(4)13(15)14(16-6-2)9-7-11(3)8-10-14/h11-13H,5-10,15H2,1-4H3. The van der Waals surface area contributed by atoms with Crippen LogP contribution in [0.25, 0.3) is 0 Å². The third-order valence-electron chi connectivity index (χ3n) is 4.42. The van der Waals surface area contributed by atoms with E-state index in [9.17, 15) is 0 Å². The van der Waals surface area contributed by atoms with Crippen molar-refractivity contribution in [1.29, 1.82) is 0 Å². The van der Waals surface area contributed by atoms with E-state index in [4.69, 9.17) is 10.5 Å². The topological polar surface area (TPSA) is 35.2 Å². The molecule has 1 aliphatic carbocycles. The number of ether oxygens (including phenoxy) is 1. The van der Waals surface area contributed by atoms with Gasteiger partial charge in [-0.15, -0.1) is 0 Å². The number of nitrogens with two attached hydrogens (primary N) is 1. The van der Waals surface area contributed by atoms with Gasteiger partial charge >= 0.3 is 0 Å². The first kappa shape index (κ1) is 14.0. The summed E-state index contributed by atoms with van der Waals surface area (Å²) in [6.07, 6.45) is 5.97. The summed E-state index contributed by atoms with van der Waals surface area (Å²) in [4.78, 5) is 0. The van der Waals surface area contributed by atoms with E-state index in [1.54, 1.807) is 0 Å². The molecule has 2 heteroatoms. The van der Waals surface area contributed by atoms with Crippen LogP contribution in [0.1, 0.15) is 59.8 Å². The number of rotatable bonds is 5. The smallest absolute Gasteiger partial charge is 0.0835 e. The van der Waals surface area contributed by atoms with Crippen LogP contribution in [0.5, 0.6) is 0 Å². The zero-order valence-corrected chi connectivity index (χ0v) is 11.5. The summed E-state index contributed by atoms with van der Waals surface area (Å²) in [5.74, 6) is 1.40. The summed E-state index contributed by atoms with van der Waals surface area (Å²) < 4.78 is 6.08. The van der Waals surface area contributed by atoms with Crippen molar-refractivity contribution in [2.24, 2.45) is 17.6 Å². The Hall–Kier alpha value is -0.0800. The lowest BCUT2D eigenvalue weighted by atomic mass is 9.72. The molecule has 2 N–H and O–H groups in total. The van der Waals surface area contributed by atoms with Gasteiger partial charge < -0.3 is 10.5 Å². The van der Waals surface area contributed by atoms with Gasteiger partial charge in [-0.25, -0.2) is 0 Å². The van der Waals surface area contributed by atoms with Crippen LogP contribution in [0.3, 0.4) is 0 Å². The average Bonchev–Trinajstić information content (AvgIpc) is 2.30. The van der Waals surface area contributed by atoms with E-state index in [1.165, 1.54) is 12.8 Å². The molecule has 1 saturated carbocycles. The molecule has 2 nitrogen and oxygen atoms in total. The van der Waals surface area contributed by atoms with Crippen molar-refractivity contribution in [3.05, 3.63) is 0 Å². The molecular weight excluding hydrogens is 198 g/mol. The monoisotopic (exact) mass is 227 g/mol. The fourth-order valence-corrected chi connectivity index (χ4v) is 2.88. The van der Waals surface area contributed by atoms with Crippen LogP contribution in [-0.2, 0) is 4.74 Å². The zero-order valence-electron chi connectivity index (χ0n) is 11.5. The number of hydrogen-bond donors (Lipinski definition) is 1. The molecule has 2 atom stereocenters. The molecule has 0 spiro atoms. The van der Waals surface area contributed by atoms with E-state index in [1.807, 2.05) is 0 Å². The Kier molecular flexibility index (Phi) is 5.26. The van der Waals surface area contributed by atoms with Gasteiger partial charge in [0.15, 0.2) is 0 Å². The molecule has 0 bridgehead atoms. The van der Waals surface area contributed by atoms with Crippen molar-refractivity contribution in [2.75, 3.05) is 6.61 Å². The van der Waals surface area contributed by atoms with Crippen LogP contribution in [0.4, 0.5) is 0 Å². The Morgan fingerprint density at radius 2 is 1.88 bits per heavy atom. The fourth-order valence-electron chi connectivity index (χ4n) is 2.88. The van der Waals surface area contributed by atoms with Gasteiger partial charge in [-0.05, 0) is 44.4 Å². The first-order valence-electron chi connectivity index (χ1n) is 6.95. The van der Waals surface area contributed by atoms with Gasteiger partial charge in [0.25, 0.3) is 0 Å². The minimum absolute atomic E-state index is 0.0311. The summed E-state index contributed by atoms with van der Waals surface area (Å²) in [7, 11) is 0. The molecule has 0 aromatic rings. The summed E-state index contributed by atoms with van der Waals surface area (Å²) in [6, 6.07) is 0.199. The Morgan fingerprint density at radius 1 is 1.31 bits per heavy atom. The second-order valence-electron chi connectivity index (χ2n) is 5.59. The average molecular weight is 227 g/mol. The molecule has 1 aliphatic rings. The molecule has 2 unspecified atom stereocenters. The molecule has 96 valence electrons. The van der Waals surface area contributed by atoms with Crippen molar-refractivity contribution < 1.29 is 4.74 Å². The molecule has 0 radical (unpaired) electrons. The van der Waals surface area contributed by atoms with Crippen molar-refractivity contribution in [3.63, 3.8) is 0 Å². The minimum Gasteiger partial charge on any atom is -0.374 e. The molecule has 0 heterocycles. The van der Waals surface area contributed by atoms with E-state index >= 15 is 0 Å². The van der Waals surface area contributed by atoms with E-state index in [2.05, 4.69) is 27.7 Å². The quantitative estimate of drug-likeness (QED) is 0.781. The molecule has 0 aliphatic heterocycles. The third-order valence-corrected chi connectivity index (χ3v) is 4.42. The van der Waals surface area contributed by atoms with Crippen LogP contribution in [-0.4, -0.2) is 18.2 Å². The lowest BCUT2D eigenvalue weighted by Crippen LogP contribution is -2.55. The van der Waals surface area contributed by atoms with Crippen LogP contribution in [0.15, 0.2) is 0 Å². The highest BCUT2D eigenvalue weighted by Crippen LogP contribution is 2.39. The molecule has 16 heavy (non-hydrogen) atoms. The summed E-state index contributed by atoms with van der Waals surface area (Å²) in [6.45, 7) is 9.69. The molecule has 1 rings (SSSR count). The highest BCUT2D eigenvalue weighted by molar-refractivity contribution is 4.96. The lowest BCUT2D eigenvalue weighted by Gasteiger charge is -2.45. The highest BCUT2D eigenvalue weighted by atomic mass is 16.5. The fraction of sp³-hybridized carbons (Fsp3) is 1.00. The van der Waals surface area contributed by atoms with Gasteiger partial charge in [-0.3, -0.25) is 0 Å². The van der Waals surface area contributed by atoms with Gasteiger partial charge in [-0.2, -0.15) is 0 Å². The van der Waals surface area contributed by atoms with Crippen molar-refractivity contribution in [1.82, 2.24) is 0 Å². The van der Waals surface area contributed by atoms with Gasteiger partial charge in [-0.1, -0.05) is 27.2 Å². The van der Waals surface area contributed by atoms with Gasteiger partial charge in [0.1, 0.15) is 0 Å². The Labute approximate surface area is 101 Å². The Balaban J connectivity index is 2.71. The van der Waals surface area contributed by atoms with E-state index < -0.39 is 0 Å². The SMILES string of the molecule is CCOC1(C(N)C(C)CC)CCC(C)CC1. The third kappa shape index (κ3) is 2.98.